The van der Waals surface area contributed by atoms with E-state index >= 15 is 0 Å². The highest BCUT2D eigenvalue weighted by atomic mass is 16.5. The molecular weight excluding hydrogens is 324 g/mol. The first-order valence-corrected chi connectivity index (χ1v) is 9.77. The van der Waals surface area contributed by atoms with Crippen LogP contribution in [0.5, 0.6) is 0 Å². The Labute approximate surface area is 155 Å². The maximum Gasteiger partial charge on any atom is 0.252 e. The van der Waals surface area contributed by atoms with Crippen molar-refractivity contribution in [1.82, 2.24) is 10.2 Å². The molecule has 1 aliphatic heterocycles. The number of carbonyl (C=O) groups is 1. The van der Waals surface area contributed by atoms with E-state index in [1.807, 2.05) is 6.07 Å². The van der Waals surface area contributed by atoms with Crippen molar-refractivity contribution in [2.45, 2.75) is 32.8 Å². The minimum absolute atomic E-state index is 0.00480. The lowest BCUT2D eigenvalue weighted by atomic mass is 9.99. The van der Waals surface area contributed by atoms with E-state index in [1.165, 1.54) is 16.5 Å². The quantitative estimate of drug-likeness (QED) is 0.899. The highest BCUT2D eigenvalue weighted by Crippen LogP contribution is 2.32. The molecule has 0 spiro atoms. The van der Waals surface area contributed by atoms with Gasteiger partial charge in [-0.2, -0.15) is 0 Å². The van der Waals surface area contributed by atoms with Crippen LogP contribution in [0.15, 0.2) is 30.3 Å². The van der Waals surface area contributed by atoms with Crippen LogP contribution in [0.25, 0.3) is 10.8 Å². The van der Waals surface area contributed by atoms with Gasteiger partial charge in [0.2, 0.25) is 0 Å². The van der Waals surface area contributed by atoms with Gasteiger partial charge in [0.05, 0.1) is 12.7 Å². The summed E-state index contributed by atoms with van der Waals surface area (Å²) in [5, 5.41) is 5.48. The van der Waals surface area contributed by atoms with Gasteiger partial charge in [-0.15, -0.1) is 0 Å². The van der Waals surface area contributed by atoms with Crippen LogP contribution in [0.2, 0.25) is 0 Å². The number of benzene rings is 2. The van der Waals surface area contributed by atoms with Gasteiger partial charge in [0, 0.05) is 31.7 Å². The predicted molar refractivity (Wildman–Crippen MR) is 105 cm³/mol. The molecule has 1 atom stereocenters. The molecule has 0 unspecified atom stereocenters. The van der Waals surface area contributed by atoms with Gasteiger partial charge in [0.15, 0.2) is 0 Å². The topological polar surface area (TPSA) is 41.6 Å². The molecule has 1 heterocycles. The summed E-state index contributed by atoms with van der Waals surface area (Å²) in [5.74, 6) is 0.655. The molecule has 0 radical (unpaired) electrons. The van der Waals surface area contributed by atoms with E-state index in [1.54, 1.807) is 0 Å². The zero-order valence-electron chi connectivity index (χ0n) is 15.8. The molecule has 0 bridgehead atoms. The molecule has 1 fully saturated rings. The van der Waals surface area contributed by atoms with Crippen molar-refractivity contribution in [2.24, 2.45) is 5.92 Å². The molecule has 4 nitrogen and oxygen atoms in total. The van der Waals surface area contributed by atoms with E-state index < -0.39 is 0 Å². The number of amides is 1. The van der Waals surface area contributed by atoms with Crippen molar-refractivity contribution in [3.8, 4) is 0 Å². The van der Waals surface area contributed by atoms with Crippen LogP contribution in [-0.2, 0) is 17.6 Å². The molecule has 0 saturated carbocycles. The first kappa shape index (κ1) is 17.5. The lowest BCUT2D eigenvalue weighted by Gasteiger charge is -2.34. The molecule has 4 heteroatoms. The summed E-state index contributed by atoms with van der Waals surface area (Å²) in [4.78, 5) is 15.3. The minimum atomic E-state index is 0.00480. The van der Waals surface area contributed by atoms with E-state index in [2.05, 4.69) is 48.3 Å². The van der Waals surface area contributed by atoms with Gasteiger partial charge in [-0.1, -0.05) is 38.1 Å². The Kier molecular flexibility index (Phi) is 4.96. The van der Waals surface area contributed by atoms with E-state index in [9.17, 15) is 4.79 Å². The zero-order valence-corrected chi connectivity index (χ0v) is 15.8. The highest BCUT2D eigenvalue weighted by Gasteiger charge is 2.23. The van der Waals surface area contributed by atoms with E-state index in [0.717, 1.165) is 50.0 Å². The first-order valence-electron chi connectivity index (χ1n) is 9.77. The summed E-state index contributed by atoms with van der Waals surface area (Å²) in [5.41, 5.74) is 3.52. The third-order valence-corrected chi connectivity index (χ3v) is 5.46. The fourth-order valence-electron chi connectivity index (χ4n) is 4.33. The van der Waals surface area contributed by atoms with Gasteiger partial charge in [-0.3, -0.25) is 9.69 Å². The smallest absolute Gasteiger partial charge is 0.252 e. The molecule has 0 aromatic heterocycles. The van der Waals surface area contributed by atoms with Crippen LogP contribution in [0.1, 0.15) is 35.3 Å². The van der Waals surface area contributed by atoms with Crippen molar-refractivity contribution >= 4 is 16.7 Å². The van der Waals surface area contributed by atoms with E-state index in [0.29, 0.717) is 12.5 Å². The maximum absolute atomic E-state index is 12.8. The minimum Gasteiger partial charge on any atom is -0.374 e. The Morgan fingerprint density at radius 2 is 2.04 bits per heavy atom. The van der Waals surface area contributed by atoms with Gasteiger partial charge in [-0.25, -0.2) is 0 Å². The molecule has 1 aliphatic carbocycles. The van der Waals surface area contributed by atoms with Gasteiger partial charge >= 0.3 is 0 Å². The number of hydrogen-bond donors (Lipinski definition) is 1. The summed E-state index contributed by atoms with van der Waals surface area (Å²) in [6, 6.07) is 10.4. The number of aryl methyl sites for hydroxylation is 2. The van der Waals surface area contributed by atoms with Crippen LogP contribution < -0.4 is 5.32 Å². The summed E-state index contributed by atoms with van der Waals surface area (Å²) in [6.07, 6.45) is 2.24. The number of carbonyl (C=O) groups excluding carboxylic acids is 1. The van der Waals surface area contributed by atoms with Crippen molar-refractivity contribution < 1.29 is 9.53 Å². The lowest BCUT2D eigenvalue weighted by Crippen LogP contribution is -2.48. The van der Waals surface area contributed by atoms with Crippen molar-refractivity contribution in [3.63, 3.8) is 0 Å². The predicted octanol–water partition coefficient (Wildman–Crippen LogP) is 3.03. The fraction of sp³-hybridized carbons (Fsp3) is 0.500. The molecule has 4 rings (SSSR count). The Hall–Kier alpha value is -1.91. The lowest BCUT2D eigenvalue weighted by molar-refractivity contribution is -0.0295. The molecule has 1 saturated heterocycles. The van der Waals surface area contributed by atoms with Gasteiger partial charge in [0.1, 0.15) is 0 Å². The second-order valence-electron chi connectivity index (χ2n) is 7.97. The summed E-state index contributed by atoms with van der Waals surface area (Å²) >= 11 is 0. The van der Waals surface area contributed by atoms with Gasteiger partial charge in [-0.05, 0) is 46.7 Å². The van der Waals surface area contributed by atoms with Crippen molar-refractivity contribution in [3.05, 3.63) is 47.0 Å². The molecule has 1 amide bonds. The van der Waals surface area contributed by atoms with Gasteiger partial charge < -0.3 is 10.1 Å². The third-order valence-electron chi connectivity index (χ3n) is 5.46. The zero-order chi connectivity index (χ0) is 18.1. The van der Waals surface area contributed by atoms with Crippen LogP contribution >= 0.6 is 0 Å². The summed E-state index contributed by atoms with van der Waals surface area (Å²) in [7, 11) is 0. The number of nitrogens with zero attached hydrogens (tertiary/aromatic N) is 1. The van der Waals surface area contributed by atoms with Crippen LogP contribution in [-0.4, -0.2) is 49.7 Å². The Morgan fingerprint density at radius 3 is 2.85 bits per heavy atom. The second kappa shape index (κ2) is 7.37. The van der Waals surface area contributed by atoms with Crippen molar-refractivity contribution in [2.75, 3.05) is 32.8 Å². The van der Waals surface area contributed by atoms with Crippen LogP contribution in [0.4, 0.5) is 0 Å². The molecule has 1 N–H and O–H groups in total. The number of nitrogens with one attached hydrogen (secondary N) is 1. The molecule has 2 aromatic rings. The Bertz CT molecular complexity index is 805. The average molecular weight is 352 g/mol. The number of ether oxygens (including phenoxy) is 1. The summed E-state index contributed by atoms with van der Waals surface area (Å²) in [6.45, 7) is 8.75. The maximum atomic E-state index is 12.8. The van der Waals surface area contributed by atoms with E-state index in [4.69, 9.17) is 4.74 Å². The highest BCUT2D eigenvalue weighted by molar-refractivity contribution is 6.09. The average Bonchev–Trinajstić information content (AvgIpc) is 3.05. The molecule has 138 valence electrons. The normalized spacial score (nSPS) is 20.0. The van der Waals surface area contributed by atoms with Gasteiger partial charge in [0.25, 0.3) is 5.91 Å². The van der Waals surface area contributed by atoms with E-state index in [-0.39, 0.29) is 12.0 Å². The second-order valence-corrected chi connectivity index (χ2v) is 7.97. The van der Waals surface area contributed by atoms with Crippen LogP contribution in [0.3, 0.4) is 0 Å². The Morgan fingerprint density at radius 1 is 1.23 bits per heavy atom. The first-order chi connectivity index (χ1) is 12.6. The molecule has 26 heavy (non-hydrogen) atoms. The SMILES string of the molecule is CC(C)CN1CCO[C@@H](CNC(=O)c2ccc3c4c(cccc24)CC3)C1. The number of morpholine rings is 1. The third kappa shape index (κ3) is 3.49. The van der Waals surface area contributed by atoms with Crippen LogP contribution in [0, 0.1) is 5.92 Å². The fourth-order valence-corrected chi connectivity index (χ4v) is 4.33. The number of rotatable bonds is 5. The standard InChI is InChI=1S/C22H28N2O2/c1-15(2)13-24-10-11-26-18(14-24)12-23-22(25)20-9-8-17-7-6-16-4-3-5-19(20)21(16)17/h3-5,8-9,15,18H,6-7,10-14H2,1-2H3,(H,23,25)/t18-/m0/s1. The number of hydrogen-bond acceptors (Lipinski definition) is 3. The largest absolute Gasteiger partial charge is 0.374 e. The van der Waals surface area contributed by atoms with Crippen molar-refractivity contribution in [1.29, 1.82) is 0 Å². The molecule has 2 aliphatic rings. The Balaban J connectivity index is 1.44. The summed E-state index contributed by atoms with van der Waals surface area (Å²) < 4.78 is 5.86. The molecular formula is C22H28N2O2. The molecule has 2 aromatic carbocycles. The monoisotopic (exact) mass is 352 g/mol.